The number of hydrogen-bond donors (Lipinski definition) is 0. The molecule has 126 valence electrons. The van der Waals surface area contributed by atoms with E-state index in [1.807, 2.05) is 29.0 Å². The Morgan fingerprint density at radius 2 is 2.12 bits per heavy atom. The molecule has 0 fully saturated rings. The van der Waals surface area contributed by atoms with Crippen LogP contribution in [0.2, 0.25) is 0 Å². The third-order valence-corrected chi connectivity index (χ3v) is 5.37. The Morgan fingerprint density at radius 1 is 1.33 bits per heavy atom. The van der Waals surface area contributed by atoms with Crippen LogP contribution in [-0.2, 0) is 5.41 Å². The molecule has 0 aliphatic carbocycles. The third kappa shape index (κ3) is 2.73. The number of carbonyl (C=O) groups excluding carboxylic acids is 1. The molecule has 2 heterocycles. The smallest absolute Gasteiger partial charge is 0.194 e. The maximum atomic E-state index is 11.7. The standard InChI is InChI=1S/C19H22N2O2S/c1-5-19(3,4)13-7-8-16(23-6-2)14(11-13)17-15(12-22)21-9-10-24-18(21)20-17/h7-12H,5-6H2,1-4H3. The van der Waals surface area contributed by atoms with Crippen LogP contribution in [0.15, 0.2) is 29.8 Å². The average molecular weight is 342 g/mol. The maximum Gasteiger partial charge on any atom is 0.194 e. The highest BCUT2D eigenvalue weighted by molar-refractivity contribution is 7.15. The van der Waals surface area contributed by atoms with Crippen LogP contribution >= 0.6 is 11.3 Å². The lowest BCUT2D eigenvalue weighted by Crippen LogP contribution is -2.15. The predicted molar refractivity (Wildman–Crippen MR) is 98.4 cm³/mol. The molecule has 1 aromatic carbocycles. The highest BCUT2D eigenvalue weighted by Gasteiger charge is 2.23. The first-order chi connectivity index (χ1) is 11.5. The van der Waals surface area contributed by atoms with E-state index < -0.39 is 0 Å². The Morgan fingerprint density at radius 3 is 2.79 bits per heavy atom. The van der Waals surface area contributed by atoms with Crippen LogP contribution in [0.4, 0.5) is 0 Å². The number of benzene rings is 1. The Kier molecular flexibility index (Phi) is 4.45. The van der Waals surface area contributed by atoms with Gasteiger partial charge in [-0.25, -0.2) is 4.98 Å². The first-order valence-corrected chi connectivity index (χ1v) is 9.08. The zero-order valence-corrected chi connectivity index (χ0v) is 15.3. The molecule has 0 radical (unpaired) electrons. The number of fused-ring (bicyclic) bond motifs is 1. The van der Waals surface area contributed by atoms with Gasteiger partial charge in [-0.1, -0.05) is 26.8 Å². The average Bonchev–Trinajstić information content (AvgIpc) is 3.15. The summed E-state index contributed by atoms with van der Waals surface area (Å²) in [5.74, 6) is 0.766. The first kappa shape index (κ1) is 16.7. The van der Waals surface area contributed by atoms with Gasteiger partial charge in [-0.05, 0) is 36.5 Å². The van der Waals surface area contributed by atoms with Crippen molar-refractivity contribution in [3.63, 3.8) is 0 Å². The number of nitrogens with zero attached hydrogens (tertiary/aromatic N) is 2. The molecule has 0 amide bonds. The maximum absolute atomic E-state index is 11.7. The molecule has 5 heteroatoms. The van der Waals surface area contributed by atoms with Crippen molar-refractivity contribution in [2.45, 2.75) is 39.5 Å². The van der Waals surface area contributed by atoms with Crippen molar-refractivity contribution in [1.29, 1.82) is 0 Å². The molecule has 3 rings (SSSR count). The van der Waals surface area contributed by atoms with Crippen LogP contribution in [-0.4, -0.2) is 22.3 Å². The second-order valence-corrected chi connectivity index (χ2v) is 7.27. The molecule has 0 aliphatic rings. The zero-order valence-electron chi connectivity index (χ0n) is 14.5. The van der Waals surface area contributed by atoms with E-state index in [0.29, 0.717) is 18.0 Å². The molecule has 0 saturated carbocycles. The summed E-state index contributed by atoms with van der Waals surface area (Å²) >= 11 is 1.52. The van der Waals surface area contributed by atoms with Crippen LogP contribution in [0.25, 0.3) is 16.2 Å². The fourth-order valence-corrected chi connectivity index (χ4v) is 3.46. The summed E-state index contributed by atoms with van der Waals surface area (Å²) in [7, 11) is 0. The van der Waals surface area contributed by atoms with Crippen molar-refractivity contribution in [2.24, 2.45) is 0 Å². The second-order valence-electron chi connectivity index (χ2n) is 6.40. The Labute approximate surface area is 146 Å². The summed E-state index contributed by atoms with van der Waals surface area (Å²) in [4.78, 5) is 17.2. The molecule has 2 aromatic heterocycles. The second kappa shape index (κ2) is 6.40. The van der Waals surface area contributed by atoms with Crippen molar-refractivity contribution in [1.82, 2.24) is 9.38 Å². The topological polar surface area (TPSA) is 43.6 Å². The normalized spacial score (nSPS) is 11.8. The molecule has 0 N–H and O–H groups in total. The van der Waals surface area contributed by atoms with Crippen molar-refractivity contribution in [3.05, 3.63) is 41.0 Å². The van der Waals surface area contributed by atoms with E-state index in [4.69, 9.17) is 4.74 Å². The lowest BCUT2D eigenvalue weighted by molar-refractivity contribution is 0.111. The largest absolute Gasteiger partial charge is 0.493 e. The summed E-state index contributed by atoms with van der Waals surface area (Å²) < 4.78 is 7.64. The van der Waals surface area contributed by atoms with E-state index in [2.05, 4.69) is 37.9 Å². The van der Waals surface area contributed by atoms with Gasteiger partial charge in [0.05, 0.1) is 6.61 Å². The van der Waals surface area contributed by atoms with Crippen LogP contribution in [0, 0.1) is 0 Å². The number of aromatic nitrogens is 2. The summed E-state index contributed by atoms with van der Waals surface area (Å²) in [5.41, 5.74) is 3.41. The van der Waals surface area contributed by atoms with Crippen molar-refractivity contribution >= 4 is 22.6 Å². The highest BCUT2D eigenvalue weighted by Crippen LogP contribution is 2.37. The lowest BCUT2D eigenvalue weighted by Gasteiger charge is -2.24. The fraction of sp³-hybridized carbons (Fsp3) is 0.368. The van der Waals surface area contributed by atoms with E-state index in [1.165, 1.54) is 16.9 Å². The van der Waals surface area contributed by atoms with Gasteiger partial charge in [-0.3, -0.25) is 9.20 Å². The number of thiazole rings is 1. The van der Waals surface area contributed by atoms with E-state index >= 15 is 0 Å². The minimum atomic E-state index is 0.0535. The van der Waals surface area contributed by atoms with Gasteiger partial charge >= 0.3 is 0 Å². The molecular formula is C19H22N2O2S. The van der Waals surface area contributed by atoms with Gasteiger partial charge in [0.1, 0.15) is 17.1 Å². The van der Waals surface area contributed by atoms with Crippen molar-refractivity contribution in [3.8, 4) is 17.0 Å². The van der Waals surface area contributed by atoms with Crippen molar-refractivity contribution in [2.75, 3.05) is 6.61 Å². The lowest BCUT2D eigenvalue weighted by atomic mass is 9.81. The Hall–Kier alpha value is -2.14. The fourth-order valence-electron chi connectivity index (χ4n) is 2.74. The molecule has 3 aromatic rings. The molecule has 4 nitrogen and oxygen atoms in total. The summed E-state index contributed by atoms with van der Waals surface area (Å²) in [6, 6.07) is 6.22. The van der Waals surface area contributed by atoms with Crippen LogP contribution in [0.5, 0.6) is 5.75 Å². The molecule has 24 heavy (non-hydrogen) atoms. The van der Waals surface area contributed by atoms with Crippen LogP contribution in [0.3, 0.4) is 0 Å². The number of ether oxygens (including phenoxy) is 1. The minimum Gasteiger partial charge on any atom is -0.493 e. The minimum absolute atomic E-state index is 0.0535. The van der Waals surface area contributed by atoms with Crippen LogP contribution < -0.4 is 4.74 Å². The first-order valence-electron chi connectivity index (χ1n) is 8.20. The number of rotatable bonds is 6. The summed E-state index contributed by atoms with van der Waals surface area (Å²) in [6.07, 6.45) is 3.77. The Bertz CT molecular complexity index is 877. The quantitative estimate of drug-likeness (QED) is 0.595. The third-order valence-electron chi connectivity index (χ3n) is 4.61. The van der Waals surface area contributed by atoms with Crippen LogP contribution in [0.1, 0.15) is 50.2 Å². The highest BCUT2D eigenvalue weighted by atomic mass is 32.1. The summed E-state index contributed by atoms with van der Waals surface area (Å²) in [5, 5.41) is 1.93. The number of hydrogen-bond acceptors (Lipinski definition) is 4. The number of carbonyl (C=O) groups is 1. The monoisotopic (exact) mass is 342 g/mol. The SMILES string of the molecule is CCOc1ccc(C(C)(C)CC)cc1-c1nc2sccn2c1C=O. The molecule has 0 bridgehead atoms. The predicted octanol–water partition coefficient (Wildman–Crippen LogP) is 4.96. The molecule has 0 atom stereocenters. The summed E-state index contributed by atoms with van der Waals surface area (Å²) in [6.45, 7) is 9.15. The van der Waals surface area contributed by atoms with Gasteiger partial charge < -0.3 is 4.74 Å². The molecule has 0 aliphatic heterocycles. The van der Waals surface area contributed by atoms with E-state index in [9.17, 15) is 4.79 Å². The van der Waals surface area contributed by atoms with Gasteiger partial charge in [0, 0.05) is 17.1 Å². The van der Waals surface area contributed by atoms with E-state index in [0.717, 1.165) is 29.0 Å². The molecule has 0 saturated heterocycles. The van der Waals surface area contributed by atoms with Gasteiger partial charge in [0.15, 0.2) is 11.2 Å². The van der Waals surface area contributed by atoms with Crippen molar-refractivity contribution < 1.29 is 9.53 Å². The Balaban J connectivity index is 2.24. The molecule has 0 unspecified atom stereocenters. The van der Waals surface area contributed by atoms with Gasteiger partial charge in [0.2, 0.25) is 0 Å². The van der Waals surface area contributed by atoms with Gasteiger partial charge in [-0.15, -0.1) is 11.3 Å². The molecular weight excluding hydrogens is 320 g/mol. The van der Waals surface area contributed by atoms with E-state index in [-0.39, 0.29) is 5.41 Å². The van der Waals surface area contributed by atoms with E-state index in [1.54, 1.807) is 0 Å². The molecule has 0 spiro atoms. The zero-order chi connectivity index (χ0) is 17.3. The number of imidazole rings is 1. The van der Waals surface area contributed by atoms with Gasteiger partial charge in [0.25, 0.3) is 0 Å². The van der Waals surface area contributed by atoms with Gasteiger partial charge in [-0.2, -0.15) is 0 Å². The number of aldehydes is 1.